The van der Waals surface area contributed by atoms with Gasteiger partial charge in [0.15, 0.2) is 0 Å². The fourth-order valence-corrected chi connectivity index (χ4v) is 1.13. The molecule has 0 aliphatic carbocycles. The molecule has 1 rings (SSSR count). The number of halogens is 2. The average molecular weight is 234 g/mol. The predicted octanol–water partition coefficient (Wildman–Crippen LogP) is 1.75. The summed E-state index contributed by atoms with van der Waals surface area (Å²) >= 11 is 8.57. The zero-order chi connectivity index (χ0) is 8.43. The van der Waals surface area contributed by atoms with Crippen LogP contribution in [-0.2, 0) is 0 Å². The van der Waals surface area contributed by atoms with E-state index in [9.17, 15) is 0 Å². The first kappa shape index (κ1) is 8.49. The van der Waals surface area contributed by atoms with Gasteiger partial charge in [0.2, 0.25) is 5.29 Å². The standard InChI is InChI=1S/C6H5BrClN3/c7-4-1-2-11(6(8)10)5(9)3-4/h1-3,9-10H. The van der Waals surface area contributed by atoms with E-state index in [1.54, 1.807) is 18.3 Å². The Morgan fingerprint density at radius 2 is 2.27 bits per heavy atom. The van der Waals surface area contributed by atoms with Crippen molar-refractivity contribution < 1.29 is 0 Å². The quantitative estimate of drug-likeness (QED) is 0.508. The van der Waals surface area contributed by atoms with Gasteiger partial charge in [-0.05, 0) is 23.7 Å². The van der Waals surface area contributed by atoms with Crippen LogP contribution in [0.4, 0.5) is 0 Å². The largest absolute Gasteiger partial charge is 0.284 e. The summed E-state index contributed by atoms with van der Waals surface area (Å²) in [6.45, 7) is 0. The van der Waals surface area contributed by atoms with Crippen LogP contribution in [0.2, 0.25) is 0 Å². The van der Waals surface area contributed by atoms with Gasteiger partial charge in [-0.25, -0.2) is 0 Å². The molecule has 1 heterocycles. The lowest BCUT2D eigenvalue weighted by Gasteiger charge is -2.00. The molecule has 3 nitrogen and oxygen atoms in total. The van der Waals surface area contributed by atoms with Crippen molar-refractivity contribution in [2.75, 3.05) is 0 Å². The molecule has 0 amide bonds. The maximum absolute atomic E-state index is 7.35. The molecule has 0 fully saturated rings. The molecular weight excluding hydrogens is 229 g/mol. The van der Waals surface area contributed by atoms with E-state index in [0.29, 0.717) is 0 Å². The normalized spacial score (nSPS) is 9.64. The summed E-state index contributed by atoms with van der Waals surface area (Å²) in [6.07, 6.45) is 1.56. The highest BCUT2D eigenvalue weighted by Crippen LogP contribution is 2.03. The maximum atomic E-state index is 7.35. The molecule has 5 heteroatoms. The molecule has 0 aromatic carbocycles. The molecule has 0 unspecified atom stereocenters. The molecule has 0 spiro atoms. The Morgan fingerprint density at radius 3 is 2.73 bits per heavy atom. The van der Waals surface area contributed by atoms with Gasteiger partial charge >= 0.3 is 0 Å². The number of hydrogen-bond donors (Lipinski definition) is 2. The van der Waals surface area contributed by atoms with Crippen molar-refractivity contribution in [3.8, 4) is 0 Å². The molecule has 0 saturated carbocycles. The minimum absolute atomic E-state index is 0.178. The van der Waals surface area contributed by atoms with Gasteiger partial charge in [-0.2, -0.15) is 0 Å². The van der Waals surface area contributed by atoms with Gasteiger partial charge < -0.3 is 0 Å². The van der Waals surface area contributed by atoms with Gasteiger partial charge in [-0.15, -0.1) is 0 Å². The molecular formula is C6H5BrClN3. The Kier molecular flexibility index (Phi) is 2.46. The number of nitrogens with one attached hydrogen (secondary N) is 2. The summed E-state index contributed by atoms with van der Waals surface area (Å²) in [5, 5.41) is 14.2. The monoisotopic (exact) mass is 233 g/mol. The third-order valence-electron chi connectivity index (χ3n) is 1.13. The lowest BCUT2D eigenvalue weighted by Crippen LogP contribution is -2.21. The Bertz CT molecular complexity index is 344. The maximum Gasteiger partial charge on any atom is 0.200 e. The summed E-state index contributed by atoms with van der Waals surface area (Å²) in [4.78, 5) is 0. The molecule has 0 atom stereocenters. The molecule has 0 bridgehead atoms. The molecule has 0 aliphatic rings. The predicted molar refractivity (Wildman–Crippen MR) is 47.0 cm³/mol. The average Bonchev–Trinajstić information content (AvgIpc) is 1.85. The lowest BCUT2D eigenvalue weighted by molar-refractivity contribution is 0.975. The second kappa shape index (κ2) is 3.19. The third kappa shape index (κ3) is 1.91. The first-order valence-corrected chi connectivity index (χ1v) is 3.95. The van der Waals surface area contributed by atoms with Gasteiger partial charge in [0, 0.05) is 10.7 Å². The van der Waals surface area contributed by atoms with Crippen LogP contribution in [0, 0.1) is 10.8 Å². The molecule has 58 valence electrons. The van der Waals surface area contributed by atoms with E-state index < -0.39 is 0 Å². The van der Waals surface area contributed by atoms with Crippen molar-refractivity contribution in [2.45, 2.75) is 0 Å². The number of pyridine rings is 1. The molecule has 1 aromatic heterocycles. The van der Waals surface area contributed by atoms with Crippen LogP contribution in [0.5, 0.6) is 0 Å². The fourth-order valence-electron chi connectivity index (χ4n) is 0.645. The minimum Gasteiger partial charge on any atom is -0.284 e. The van der Waals surface area contributed by atoms with Crippen LogP contribution in [0.1, 0.15) is 0 Å². The van der Waals surface area contributed by atoms with Gasteiger partial charge in [0.25, 0.3) is 0 Å². The van der Waals surface area contributed by atoms with E-state index >= 15 is 0 Å². The van der Waals surface area contributed by atoms with Crippen molar-refractivity contribution in [1.82, 2.24) is 4.57 Å². The van der Waals surface area contributed by atoms with E-state index in [1.807, 2.05) is 0 Å². The second-order valence-corrected chi connectivity index (χ2v) is 3.16. The van der Waals surface area contributed by atoms with Crippen LogP contribution < -0.4 is 5.49 Å². The Balaban J connectivity index is 3.32. The summed E-state index contributed by atoms with van der Waals surface area (Å²) in [6, 6.07) is 3.28. The molecule has 0 aliphatic heterocycles. The van der Waals surface area contributed by atoms with Crippen molar-refractivity contribution in [3.05, 3.63) is 28.3 Å². The molecule has 0 radical (unpaired) electrons. The number of nitrogens with zero attached hydrogens (tertiary/aromatic N) is 1. The van der Waals surface area contributed by atoms with Crippen LogP contribution >= 0.6 is 27.5 Å². The SMILES string of the molecule is N=C(Cl)n1ccc(Br)cc1=N. The minimum atomic E-state index is -0.178. The zero-order valence-electron chi connectivity index (χ0n) is 5.44. The lowest BCUT2D eigenvalue weighted by atomic mass is 10.5. The van der Waals surface area contributed by atoms with Gasteiger partial charge in [0.05, 0.1) is 0 Å². The second-order valence-electron chi connectivity index (χ2n) is 1.89. The Morgan fingerprint density at radius 1 is 1.64 bits per heavy atom. The summed E-state index contributed by atoms with van der Waals surface area (Å²) in [5.74, 6) is 0. The Labute approximate surface area is 76.8 Å². The summed E-state index contributed by atoms with van der Waals surface area (Å²) < 4.78 is 2.06. The highest BCUT2D eigenvalue weighted by atomic mass is 79.9. The first-order valence-electron chi connectivity index (χ1n) is 2.78. The number of aromatic nitrogens is 1. The van der Waals surface area contributed by atoms with E-state index in [2.05, 4.69) is 15.9 Å². The van der Waals surface area contributed by atoms with Gasteiger partial charge in [-0.3, -0.25) is 15.4 Å². The van der Waals surface area contributed by atoms with Gasteiger partial charge in [-0.1, -0.05) is 15.9 Å². The van der Waals surface area contributed by atoms with Crippen molar-refractivity contribution >= 4 is 32.8 Å². The zero-order valence-corrected chi connectivity index (χ0v) is 7.78. The Hall–Kier alpha value is -0.610. The highest BCUT2D eigenvalue weighted by molar-refractivity contribution is 9.10. The van der Waals surface area contributed by atoms with E-state index in [1.165, 1.54) is 4.57 Å². The van der Waals surface area contributed by atoms with Crippen LogP contribution in [0.15, 0.2) is 22.8 Å². The van der Waals surface area contributed by atoms with Crippen LogP contribution in [-0.4, -0.2) is 9.86 Å². The summed E-state index contributed by atoms with van der Waals surface area (Å²) in [5.41, 5.74) is 0.180. The third-order valence-corrected chi connectivity index (χ3v) is 1.80. The van der Waals surface area contributed by atoms with E-state index in [-0.39, 0.29) is 10.8 Å². The smallest absolute Gasteiger partial charge is 0.200 e. The highest BCUT2D eigenvalue weighted by Gasteiger charge is 1.95. The van der Waals surface area contributed by atoms with E-state index in [4.69, 9.17) is 22.4 Å². The number of rotatable bonds is 0. The van der Waals surface area contributed by atoms with Crippen LogP contribution in [0.25, 0.3) is 0 Å². The van der Waals surface area contributed by atoms with Crippen LogP contribution in [0.3, 0.4) is 0 Å². The molecule has 1 aromatic rings. The molecule has 2 N–H and O–H groups in total. The van der Waals surface area contributed by atoms with E-state index in [0.717, 1.165) is 4.47 Å². The summed E-state index contributed by atoms with van der Waals surface area (Å²) in [7, 11) is 0. The van der Waals surface area contributed by atoms with Crippen molar-refractivity contribution in [2.24, 2.45) is 0 Å². The molecule has 11 heavy (non-hydrogen) atoms. The molecule has 0 saturated heterocycles. The number of hydrogen-bond acceptors (Lipinski definition) is 2. The topological polar surface area (TPSA) is 52.6 Å². The van der Waals surface area contributed by atoms with Crippen molar-refractivity contribution in [1.29, 1.82) is 10.8 Å². The first-order chi connectivity index (χ1) is 5.11. The van der Waals surface area contributed by atoms with Gasteiger partial charge in [0.1, 0.15) is 5.49 Å². The fraction of sp³-hybridized carbons (Fsp3) is 0. The van der Waals surface area contributed by atoms with Crippen molar-refractivity contribution in [3.63, 3.8) is 0 Å².